The lowest BCUT2D eigenvalue weighted by molar-refractivity contribution is -0.0662. The standard InChI is InChI=1S/C46H56N6O6/c1-44(2,3)58-43(55)49-45(4)20-24-51(25-21-45)32-18-22-52(23-19-32)42-47-38-17-14-31(36-28-50(5)40(54)27-39(36)56-6)26-35(38)41(48-42)46(29-53,57-33-15-16-33)37-13-9-11-30-10-7-8-12-34(30)37/h7-14,17,26-28,32-33,53H,15-16,18-25,29H2,1-6H3,(H,49,55). The third-order valence-electron chi connectivity index (χ3n) is 12.1. The van der Waals surface area contributed by atoms with Crippen molar-refractivity contribution in [2.75, 3.05) is 44.8 Å². The molecule has 3 aliphatic rings. The van der Waals surface area contributed by atoms with Gasteiger partial charge in [0.15, 0.2) is 5.60 Å². The van der Waals surface area contributed by atoms with Crippen molar-refractivity contribution in [1.29, 1.82) is 0 Å². The summed E-state index contributed by atoms with van der Waals surface area (Å²) in [5, 5.41) is 17.7. The number of amides is 1. The van der Waals surface area contributed by atoms with E-state index in [-0.39, 0.29) is 29.9 Å². The first-order valence-corrected chi connectivity index (χ1v) is 20.6. The van der Waals surface area contributed by atoms with Gasteiger partial charge in [-0.2, -0.15) is 0 Å². The molecule has 1 aliphatic carbocycles. The SMILES string of the molecule is COc1cc(=O)n(C)cc1-c1ccc2nc(N3CCC(N4CCC(C)(NC(=O)OC(C)(C)C)CC4)CC3)nc(C(CO)(OC3CC3)c3cccc4ccccc34)c2c1. The third-order valence-corrected chi connectivity index (χ3v) is 12.1. The van der Waals surface area contributed by atoms with Crippen LogP contribution in [-0.2, 0) is 22.1 Å². The molecular weight excluding hydrogens is 733 g/mol. The van der Waals surface area contributed by atoms with Gasteiger partial charge >= 0.3 is 6.09 Å². The number of aromatic nitrogens is 3. The van der Waals surface area contributed by atoms with Crippen molar-refractivity contribution in [3.63, 3.8) is 0 Å². The average molecular weight is 789 g/mol. The summed E-state index contributed by atoms with van der Waals surface area (Å²) < 4.78 is 19.8. The number of benzene rings is 3. The molecule has 12 nitrogen and oxygen atoms in total. The topological polar surface area (TPSA) is 131 Å². The Labute approximate surface area is 340 Å². The number of hydrogen-bond acceptors (Lipinski definition) is 10. The number of likely N-dealkylation sites (tertiary alicyclic amines) is 1. The van der Waals surface area contributed by atoms with Crippen LogP contribution in [-0.4, -0.2) is 93.8 Å². The minimum Gasteiger partial charge on any atom is -0.496 e. The van der Waals surface area contributed by atoms with Gasteiger partial charge in [-0.15, -0.1) is 0 Å². The van der Waals surface area contributed by atoms with E-state index < -0.39 is 11.2 Å². The second kappa shape index (κ2) is 15.6. The van der Waals surface area contributed by atoms with Crippen molar-refractivity contribution >= 4 is 33.7 Å². The summed E-state index contributed by atoms with van der Waals surface area (Å²) >= 11 is 0. The maximum Gasteiger partial charge on any atom is 0.408 e. The highest BCUT2D eigenvalue weighted by Crippen LogP contribution is 2.45. The van der Waals surface area contributed by atoms with Gasteiger partial charge in [-0.1, -0.05) is 48.5 Å². The predicted octanol–water partition coefficient (Wildman–Crippen LogP) is 6.92. The summed E-state index contributed by atoms with van der Waals surface area (Å²) in [6.45, 7) is 10.8. The van der Waals surface area contributed by atoms with Crippen LogP contribution >= 0.6 is 0 Å². The number of hydrogen-bond donors (Lipinski definition) is 2. The number of piperidine rings is 2. The molecule has 1 unspecified atom stereocenters. The summed E-state index contributed by atoms with van der Waals surface area (Å²) in [5.41, 5.74) is 1.48. The van der Waals surface area contributed by atoms with E-state index in [1.807, 2.05) is 63.2 Å². The molecule has 0 radical (unpaired) electrons. The first kappa shape index (κ1) is 39.8. The number of aliphatic hydroxyl groups excluding tert-OH is 1. The van der Waals surface area contributed by atoms with Gasteiger partial charge in [-0.3, -0.25) is 4.79 Å². The van der Waals surface area contributed by atoms with Crippen molar-refractivity contribution in [3.05, 3.63) is 94.5 Å². The zero-order valence-corrected chi connectivity index (χ0v) is 34.6. The van der Waals surface area contributed by atoms with Crippen LogP contribution in [0, 0.1) is 0 Å². The highest BCUT2D eigenvalue weighted by molar-refractivity contribution is 5.92. The molecule has 3 aromatic carbocycles. The zero-order valence-electron chi connectivity index (χ0n) is 34.6. The lowest BCUT2D eigenvalue weighted by Crippen LogP contribution is -2.57. The van der Waals surface area contributed by atoms with Crippen molar-refractivity contribution < 1.29 is 24.1 Å². The number of alkyl carbamates (subject to hydrolysis) is 1. The normalized spacial score (nSPS) is 18.9. The number of aryl methyl sites for hydroxylation is 1. The highest BCUT2D eigenvalue weighted by Gasteiger charge is 2.45. The fourth-order valence-electron chi connectivity index (χ4n) is 8.71. The van der Waals surface area contributed by atoms with Crippen LogP contribution in [0.15, 0.2) is 77.7 Å². The summed E-state index contributed by atoms with van der Waals surface area (Å²) in [6.07, 6.45) is 6.83. The van der Waals surface area contributed by atoms with Gasteiger partial charge in [0, 0.05) is 73.6 Å². The van der Waals surface area contributed by atoms with E-state index in [1.54, 1.807) is 24.9 Å². The van der Waals surface area contributed by atoms with Gasteiger partial charge in [0.25, 0.3) is 5.56 Å². The summed E-state index contributed by atoms with van der Waals surface area (Å²) in [6, 6.07) is 22.3. The fraction of sp³-hybridized carbons (Fsp3) is 0.478. The number of methoxy groups -OCH3 is 1. The van der Waals surface area contributed by atoms with Gasteiger partial charge in [0.2, 0.25) is 5.95 Å². The molecule has 1 amide bonds. The van der Waals surface area contributed by atoms with E-state index in [0.29, 0.717) is 23.4 Å². The lowest BCUT2D eigenvalue weighted by Gasteiger charge is -2.45. The number of rotatable bonds is 10. The molecule has 2 saturated heterocycles. The van der Waals surface area contributed by atoms with Crippen LogP contribution in [0.25, 0.3) is 32.8 Å². The molecule has 2 aliphatic heterocycles. The van der Waals surface area contributed by atoms with Crippen LogP contribution < -0.4 is 20.5 Å². The van der Waals surface area contributed by atoms with E-state index in [4.69, 9.17) is 24.2 Å². The number of aliphatic hydroxyl groups is 1. The minimum atomic E-state index is -1.30. The van der Waals surface area contributed by atoms with E-state index in [9.17, 15) is 14.7 Å². The molecule has 2 N–H and O–H groups in total. The van der Waals surface area contributed by atoms with E-state index in [2.05, 4.69) is 40.2 Å². The Morgan fingerprint density at radius 1 is 0.931 bits per heavy atom. The summed E-state index contributed by atoms with van der Waals surface area (Å²) in [7, 11) is 3.29. The van der Waals surface area contributed by atoms with Crippen LogP contribution in [0.4, 0.5) is 10.7 Å². The van der Waals surface area contributed by atoms with Crippen LogP contribution in [0.5, 0.6) is 5.75 Å². The molecule has 8 rings (SSSR count). The third kappa shape index (κ3) is 8.02. The Bertz CT molecular complexity index is 2370. The first-order chi connectivity index (χ1) is 27.8. The Kier molecular flexibility index (Phi) is 10.7. The molecule has 4 heterocycles. The summed E-state index contributed by atoms with van der Waals surface area (Å²) in [4.78, 5) is 40.6. The molecule has 0 bridgehead atoms. The lowest BCUT2D eigenvalue weighted by atomic mass is 9.84. The monoisotopic (exact) mass is 788 g/mol. The number of pyridine rings is 1. The molecule has 5 aromatic rings. The van der Waals surface area contributed by atoms with Crippen molar-refractivity contribution in [2.45, 2.75) is 95.1 Å². The predicted molar refractivity (Wildman–Crippen MR) is 227 cm³/mol. The molecular formula is C46H56N6O6. The van der Waals surface area contributed by atoms with Gasteiger partial charge in [-0.25, -0.2) is 14.8 Å². The zero-order chi connectivity index (χ0) is 40.8. The molecule has 3 fully saturated rings. The number of fused-ring (bicyclic) bond motifs is 2. The number of ether oxygens (including phenoxy) is 3. The minimum absolute atomic E-state index is 0.0204. The van der Waals surface area contributed by atoms with Crippen LogP contribution in [0.2, 0.25) is 0 Å². The smallest absolute Gasteiger partial charge is 0.408 e. The van der Waals surface area contributed by atoms with Gasteiger partial charge < -0.3 is 39.0 Å². The van der Waals surface area contributed by atoms with Crippen LogP contribution in [0.1, 0.15) is 77.5 Å². The summed E-state index contributed by atoms with van der Waals surface area (Å²) in [5.74, 6) is 1.08. The maximum atomic E-state index is 12.6. The maximum absolute atomic E-state index is 12.6. The van der Waals surface area contributed by atoms with Gasteiger partial charge in [0.1, 0.15) is 11.4 Å². The number of anilines is 1. The molecule has 0 spiro atoms. The second-order valence-electron chi connectivity index (χ2n) is 17.6. The Hall–Kier alpha value is -5.04. The van der Waals surface area contributed by atoms with E-state index in [0.717, 1.165) is 103 Å². The second-order valence-corrected chi connectivity index (χ2v) is 17.6. The van der Waals surface area contributed by atoms with Gasteiger partial charge in [0.05, 0.1) is 31.0 Å². The molecule has 2 aromatic heterocycles. The number of carbonyl (C=O) groups is 1. The Morgan fingerprint density at radius 3 is 2.34 bits per heavy atom. The van der Waals surface area contributed by atoms with E-state index >= 15 is 0 Å². The first-order valence-electron chi connectivity index (χ1n) is 20.6. The molecule has 12 heteroatoms. The van der Waals surface area contributed by atoms with E-state index in [1.165, 1.54) is 6.07 Å². The number of nitrogens with zero attached hydrogens (tertiary/aromatic N) is 5. The highest BCUT2D eigenvalue weighted by atomic mass is 16.6. The fourth-order valence-corrected chi connectivity index (χ4v) is 8.71. The van der Waals surface area contributed by atoms with Crippen molar-refractivity contribution in [3.8, 4) is 16.9 Å². The van der Waals surface area contributed by atoms with Gasteiger partial charge in [-0.05, 0) is 94.7 Å². The quantitative estimate of drug-likeness (QED) is 0.154. The Balaban J connectivity index is 1.15. The van der Waals surface area contributed by atoms with Crippen molar-refractivity contribution in [1.82, 2.24) is 24.8 Å². The largest absolute Gasteiger partial charge is 0.496 e. The molecule has 1 saturated carbocycles. The molecule has 1 atom stereocenters. The van der Waals surface area contributed by atoms with Crippen molar-refractivity contribution in [2.24, 2.45) is 7.05 Å². The Morgan fingerprint density at radius 2 is 1.66 bits per heavy atom. The molecule has 58 heavy (non-hydrogen) atoms. The number of nitrogens with one attached hydrogen (secondary N) is 1. The number of carbonyl (C=O) groups excluding carboxylic acids is 1. The van der Waals surface area contributed by atoms with Crippen LogP contribution in [0.3, 0.4) is 0 Å². The average Bonchev–Trinajstić information content (AvgIpc) is 4.03. The molecule has 306 valence electrons.